The van der Waals surface area contributed by atoms with Crippen molar-refractivity contribution in [1.29, 1.82) is 0 Å². The number of hydrogen-bond acceptors (Lipinski definition) is 2. The number of ether oxygens (including phenoxy) is 1. The summed E-state index contributed by atoms with van der Waals surface area (Å²) in [5.74, 6) is 0.507. The molecular formula is C15H21BrClNO. The smallest absolute Gasteiger partial charge is 0.0879 e. The first-order valence-electron chi connectivity index (χ1n) is 6.99. The molecule has 106 valence electrons. The van der Waals surface area contributed by atoms with E-state index in [4.69, 9.17) is 16.3 Å². The number of nitrogens with one attached hydrogen (secondary N) is 1. The molecule has 1 heterocycles. The molecule has 0 aromatic heterocycles. The second kappa shape index (κ2) is 7.63. The van der Waals surface area contributed by atoms with Gasteiger partial charge in [-0.1, -0.05) is 34.5 Å². The summed E-state index contributed by atoms with van der Waals surface area (Å²) in [6.45, 7) is 5.08. The van der Waals surface area contributed by atoms with Crippen LogP contribution in [0.5, 0.6) is 0 Å². The monoisotopic (exact) mass is 345 g/mol. The van der Waals surface area contributed by atoms with E-state index in [9.17, 15) is 0 Å². The maximum absolute atomic E-state index is 6.33. The summed E-state index contributed by atoms with van der Waals surface area (Å²) in [6.07, 6.45) is 3.61. The van der Waals surface area contributed by atoms with Crippen LogP contribution in [0.4, 0.5) is 0 Å². The average molecular weight is 347 g/mol. The second-order valence-electron chi connectivity index (χ2n) is 5.06. The Bertz CT molecular complexity index is 413. The van der Waals surface area contributed by atoms with Crippen LogP contribution in [0.1, 0.15) is 37.9 Å². The van der Waals surface area contributed by atoms with Gasteiger partial charge in [0.2, 0.25) is 0 Å². The SMILES string of the molecule is CCCNCC1CCCOC1c1cc(Br)ccc1Cl. The van der Waals surface area contributed by atoms with Crippen LogP contribution in [0, 0.1) is 5.92 Å². The van der Waals surface area contributed by atoms with Gasteiger partial charge in [0.1, 0.15) is 0 Å². The van der Waals surface area contributed by atoms with E-state index in [1.54, 1.807) is 0 Å². The van der Waals surface area contributed by atoms with Crippen molar-refractivity contribution >= 4 is 27.5 Å². The first-order chi connectivity index (χ1) is 9.22. The van der Waals surface area contributed by atoms with Gasteiger partial charge >= 0.3 is 0 Å². The minimum absolute atomic E-state index is 0.114. The zero-order chi connectivity index (χ0) is 13.7. The Kier molecular flexibility index (Phi) is 6.14. The van der Waals surface area contributed by atoms with E-state index in [0.717, 1.165) is 47.6 Å². The molecule has 19 heavy (non-hydrogen) atoms. The molecule has 4 heteroatoms. The fraction of sp³-hybridized carbons (Fsp3) is 0.600. The third kappa shape index (κ3) is 4.19. The standard InChI is InChI=1S/C15H21BrClNO/c1-2-7-18-10-11-4-3-8-19-15(11)13-9-12(16)5-6-14(13)17/h5-6,9,11,15,18H,2-4,7-8,10H2,1H3. The van der Waals surface area contributed by atoms with Gasteiger partial charge in [-0.2, -0.15) is 0 Å². The van der Waals surface area contributed by atoms with E-state index in [0.29, 0.717) is 5.92 Å². The minimum atomic E-state index is 0.114. The third-order valence-corrected chi connectivity index (χ3v) is 4.38. The van der Waals surface area contributed by atoms with E-state index >= 15 is 0 Å². The zero-order valence-corrected chi connectivity index (χ0v) is 13.6. The zero-order valence-electron chi connectivity index (χ0n) is 11.3. The summed E-state index contributed by atoms with van der Waals surface area (Å²) in [5.41, 5.74) is 1.11. The first-order valence-corrected chi connectivity index (χ1v) is 8.16. The van der Waals surface area contributed by atoms with Crippen LogP contribution in [0.2, 0.25) is 5.02 Å². The number of halogens is 2. The molecule has 1 aliphatic heterocycles. The first kappa shape index (κ1) is 15.3. The highest BCUT2D eigenvalue weighted by atomic mass is 79.9. The molecule has 1 aromatic carbocycles. The Morgan fingerprint density at radius 3 is 3.11 bits per heavy atom. The topological polar surface area (TPSA) is 21.3 Å². The normalized spacial score (nSPS) is 23.5. The highest BCUT2D eigenvalue weighted by Gasteiger charge is 2.28. The van der Waals surface area contributed by atoms with Gasteiger partial charge in [-0.25, -0.2) is 0 Å². The van der Waals surface area contributed by atoms with Crippen LogP contribution in [0.3, 0.4) is 0 Å². The molecule has 0 saturated carbocycles. The van der Waals surface area contributed by atoms with Crippen molar-refractivity contribution in [2.24, 2.45) is 5.92 Å². The van der Waals surface area contributed by atoms with Crippen molar-refractivity contribution < 1.29 is 4.74 Å². The minimum Gasteiger partial charge on any atom is -0.373 e. The van der Waals surface area contributed by atoms with Gasteiger partial charge in [-0.3, -0.25) is 0 Å². The van der Waals surface area contributed by atoms with Gasteiger partial charge in [-0.15, -0.1) is 0 Å². The summed E-state index contributed by atoms with van der Waals surface area (Å²) < 4.78 is 7.05. The van der Waals surface area contributed by atoms with E-state index < -0.39 is 0 Å². The molecule has 1 saturated heterocycles. The molecule has 1 aliphatic rings. The highest BCUT2D eigenvalue weighted by Crippen LogP contribution is 2.37. The second-order valence-corrected chi connectivity index (χ2v) is 6.39. The van der Waals surface area contributed by atoms with E-state index in [1.165, 1.54) is 6.42 Å². The Hall–Kier alpha value is -0.0900. The highest BCUT2D eigenvalue weighted by molar-refractivity contribution is 9.10. The van der Waals surface area contributed by atoms with Crippen LogP contribution in [-0.4, -0.2) is 19.7 Å². The third-order valence-electron chi connectivity index (χ3n) is 3.54. The lowest BCUT2D eigenvalue weighted by molar-refractivity contribution is -0.0276. The molecular weight excluding hydrogens is 326 g/mol. The number of benzene rings is 1. The van der Waals surface area contributed by atoms with Crippen LogP contribution < -0.4 is 5.32 Å². The van der Waals surface area contributed by atoms with E-state index in [2.05, 4.69) is 34.2 Å². The lowest BCUT2D eigenvalue weighted by atomic mass is 9.89. The summed E-state index contributed by atoms with van der Waals surface area (Å²) in [6, 6.07) is 6.00. The van der Waals surface area contributed by atoms with Crippen molar-refractivity contribution in [3.05, 3.63) is 33.3 Å². The van der Waals surface area contributed by atoms with E-state index in [1.807, 2.05) is 12.1 Å². The van der Waals surface area contributed by atoms with Crippen LogP contribution >= 0.6 is 27.5 Å². The van der Waals surface area contributed by atoms with Gasteiger partial charge in [0.25, 0.3) is 0 Å². The van der Waals surface area contributed by atoms with Crippen molar-refractivity contribution in [2.75, 3.05) is 19.7 Å². The quantitative estimate of drug-likeness (QED) is 0.789. The lowest BCUT2D eigenvalue weighted by Crippen LogP contribution is -2.32. The predicted octanol–water partition coefficient (Wildman–Crippen LogP) is 4.57. The maximum Gasteiger partial charge on any atom is 0.0879 e. The Morgan fingerprint density at radius 2 is 2.32 bits per heavy atom. The van der Waals surface area contributed by atoms with Gasteiger partial charge in [0.05, 0.1) is 6.10 Å². The average Bonchev–Trinajstić information content (AvgIpc) is 2.42. The molecule has 1 aromatic rings. The van der Waals surface area contributed by atoms with Gasteiger partial charge in [0.15, 0.2) is 0 Å². The number of rotatable bonds is 5. The molecule has 0 aliphatic carbocycles. The fourth-order valence-corrected chi connectivity index (χ4v) is 3.20. The number of hydrogen-bond donors (Lipinski definition) is 1. The van der Waals surface area contributed by atoms with Crippen LogP contribution in [0.25, 0.3) is 0 Å². The molecule has 2 unspecified atom stereocenters. The van der Waals surface area contributed by atoms with Crippen LogP contribution in [-0.2, 0) is 4.74 Å². The summed E-state index contributed by atoms with van der Waals surface area (Å²) in [4.78, 5) is 0. The molecule has 2 nitrogen and oxygen atoms in total. The summed E-state index contributed by atoms with van der Waals surface area (Å²) >= 11 is 9.85. The van der Waals surface area contributed by atoms with Crippen LogP contribution in [0.15, 0.2) is 22.7 Å². The van der Waals surface area contributed by atoms with Crippen molar-refractivity contribution in [2.45, 2.75) is 32.3 Å². The molecule has 1 N–H and O–H groups in total. The van der Waals surface area contributed by atoms with Gasteiger partial charge in [-0.05, 0) is 44.0 Å². The van der Waals surface area contributed by atoms with Crippen molar-refractivity contribution in [3.63, 3.8) is 0 Å². The maximum atomic E-state index is 6.33. The molecule has 0 spiro atoms. The Labute approximate surface area is 129 Å². The summed E-state index contributed by atoms with van der Waals surface area (Å²) in [7, 11) is 0. The largest absolute Gasteiger partial charge is 0.373 e. The molecule has 1 fully saturated rings. The Balaban J connectivity index is 2.11. The van der Waals surface area contributed by atoms with Crippen molar-refractivity contribution in [1.82, 2.24) is 5.32 Å². The van der Waals surface area contributed by atoms with Gasteiger partial charge in [0, 0.05) is 34.1 Å². The Morgan fingerprint density at radius 1 is 1.47 bits per heavy atom. The molecule has 0 amide bonds. The lowest BCUT2D eigenvalue weighted by Gasteiger charge is -2.33. The van der Waals surface area contributed by atoms with Crippen molar-refractivity contribution in [3.8, 4) is 0 Å². The molecule has 2 atom stereocenters. The molecule has 2 rings (SSSR count). The molecule has 0 radical (unpaired) electrons. The molecule has 0 bridgehead atoms. The fourth-order valence-electron chi connectivity index (χ4n) is 2.59. The summed E-state index contributed by atoms with van der Waals surface area (Å²) in [5, 5.41) is 4.31. The predicted molar refractivity (Wildman–Crippen MR) is 83.7 cm³/mol. The van der Waals surface area contributed by atoms with Gasteiger partial charge < -0.3 is 10.1 Å². The van der Waals surface area contributed by atoms with E-state index in [-0.39, 0.29) is 6.10 Å².